The summed E-state index contributed by atoms with van der Waals surface area (Å²) >= 11 is 0. The Morgan fingerprint density at radius 1 is 0.778 bits per heavy atom. The van der Waals surface area contributed by atoms with Gasteiger partial charge in [0.15, 0.2) is 0 Å². The Hall–Kier alpha value is -5.82. The summed E-state index contributed by atoms with van der Waals surface area (Å²) in [7, 11) is 1.43. The maximum absolute atomic E-state index is 13.9. The number of halogens is 1. The van der Waals surface area contributed by atoms with Gasteiger partial charge in [0.25, 0.3) is 5.91 Å². The van der Waals surface area contributed by atoms with Crippen molar-refractivity contribution in [2.75, 3.05) is 26.7 Å². The van der Waals surface area contributed by atoms with E-state index < -0.39 is 24.3 Å². The molecule has 0 aliphatic carbocycles. The largest absolute Gasteiger partial charge is 0.465 e. The van der Waals surface area contributed by atoms with Gasteiger partial charge in [0.05, 0.1) is 41.9 Å². The number of likely N-dealkylation sites (tertiary alicyclic amines) is 2. The molecule has 3 fully saturated rings. The van der Waals surface area contributed by atoms with Crippen molar-refractivity contribution in [1.82, 2.24) is 40.0 Å². The van der Waals surface area contributed by atoms with Crippen molar-refractivity contribution in [3.63, 3.8) is 0 Å². The van der Waals surface area contributed by atoms with Crippen molar-refractivity contribution < 1.29 is 23.9 Å². The van der Waals surface area contributed by atoms with E-state index in [2.05, 4.69) is 49.5 Å². The molecule has 0 saturated carbocycles. The number of nitrogens with zero attached hydrogens (tertiary/aromatic N) is 5. The summed E-state index contributed by atoms with van der Waals surface area (Å²) in [5.41, 5.74) is 6.37. The van der Waals surface area contributed by atoms with Crippen LogP contribution in [0.1, 0.15) is 67.4 Å². The number of likely N-dealkylation sites (N-methyl/N-ethyl adjacent to an activating group) is 1. The van der Waals surface area contributed by atoms with Crippen LogP contribution in [0, 0.1) is 0 Å². The fourth-order valence-electron chi connectivity index (χ4n) is 8.13. The van der Waals surface area contributed by atoms with Gasteiger partial charge in [-0.15, -0.1) is 0 Å². The number of amides is 3. The van der Waals surface area contributed by atoms with Crippen LogP contribution in [0.4, 0.5) is 9.18 Å². The zero-order valence-corrected chi connectivity index (χ0v) is 30.0. The number of alkyl halides is 1. The molecule has 0 unspecified atom stereocenters. The maximum Gasteiger partial charge on any atom is 0.407 e. The van der Waals surface area contributed by atoms with Crippen LogP contribution in [0.2, 0.25) is 0 Å². The van der Waals surface area contributed by atoms with Gasteiger partial charge in [-0.05, 0) is 53.5 Å². The third-order valence-corrected chi connectivity index (χ3v) is 11.0. The Balaban J connectivity index is 0.931. The van der Waals surface area contributed by atoms with E-state index in [1.165, 1.54) is 7.05 Å². The van der Waals surface area contributed by atoms with Gasteiger partial charge in [-0.2, -0.15) is 0 Å². The number of hydrogen-bond acceptors (Lipinski definition) is 6. The highest BCUT2D eigenvalue weighted by molar-refractivity contribution is 5.87. The molecule has 3 aliphatic heterocycles. The number of aromatic amines is 2. The normalized spacial score (nSPS) is 21.7. The van der Waals surface area contributed by atoms with Gasteiger partial charge in [0, 0.05) is 33.1 Å². The second-order valence-corrected chi connectivity index (χ2v) is 14.4. The smallest absolute Gasteiger partial charge is 0.407 e. The molecule has 278 valence electrons. The second-order valence-electron chi connectivity index (χ2n) is 14.4. The molecule has 3 amide bonds. The Morgan fingerprint density at radius 2 is 1.30 bits per heavy atom. The first-order chi connectivity index (χ1) is 26.2. The van der Waals surface area contributed by atoms with Crippen LogP contribution in [0.3, 0.4) is 0 Å². The molecular weight excluding hydrogens is 688 g/mol. The van der Waals surface area contributed by atoms with Crippen molar-refractivity contribution in [2.24, 2.45) is 0 Å². The molecule has 8 rings (SSSR count). The summed E-state index contributed by atoms with van der Waals surface area (Å²) in [6, 6.07) is 23.6. The molecule has 5 aromatic rings. The van der Waals surface area contributed by atoms with E-state index in [4.69, 9.17) is 0 Å². The zero-order chi connectivity index (χ0) is 37.3. The van der Waals surface area contributed by atoms with E-state index in [0.717, 1.165) is 70.0 Å². The van der Waals surface area contributed by atoms with Gasteiger partial charge in [-0.25, -0.2) is 19.2 Å². The summed E-state index contributed by atoms with van der Waals surface area (Å²) in [5.74, 6) is 1.11. The lowest BCUT2D eigenvalue weighted by Gasteiger charge is -2.32. The fraction of sp³-hybridized carbons (Fsp3) is 0.341. The van der Waals surface area contributed by atoms with Gasteiger partial charge in [-0.3, -0.25) is 14.5 Å². The summed E-state index contributed by atoms with van der Waals surface area (Å²) in [5, 5.41) is 12.8. The molecule has 5 heterocycles. The Labute approximate surface area is 312 Å². The van der Waals surface area contributed by atoms with Crippen molar-refractivity contribution >= 4 is 17.9 Å². The van der Waals surface area contributed by atoms with E-state index in [1.807, 2.05) is 35.2 Å². The monoisotopic (exact) mass is 730 g/mol. The lowest BCUT2D eigenvalue weighted by Crippen LogP contribution is -2.43. The highest BCUT2D eigenvalue weighted by Gasteiger charge is 2.40. The average molecular weight is 731 g/mol. The number of imidazole rings is 2. The van der Waals surface area contributed by atoms with Crippen LogP contribution in [-0.4, -0.2) is 96.5 Å². The number of benzene rings is 3. The van der Waals surface area contributed by atoms with Crippen molar-refractivity contribution in [3.8, 4) is 33.6 Å². The molecule has 13 heteroatoms. The fourth-order valence-corrected chi connectivity index (χ4v) is 8.13. The number of H-pyrrole nitrogens is 2. The topological polar surface area (TPSA) is 151 Å². The van der Waals surface area contributed by atoms with Gasteiger partial charge in [0.1, 0.15) is 23.9 Å². The number of hydrogen-bond donors (Lipinski definition) is 4. The molecule has 0 spiro atoms. The van der Waals surface area contributed by atoms with Crippen LogP contribution in [0.25, 0.3) is 33.6 Å². The van der Waals surface area contributed by atoms with Gasteiger partial charge < -0.3 is 30.2 Å². The zero-order valence-electron chi connectivity index (χ0n) is 30.0. The number of nitrogens with one attached hydrogen (secondary N) is 3. The predicted molar refractivity (Wildman–Crippen MR) is 201 cm³/mol. The summed E-state index contributed by atoms with van der Waals surface area (Å²) in [6.07, 6.45) is 4.89. The van der Waals surface area contributed by atoms with Crippen LogP contribution in [0.15, 0.2) is 91.3 Å². The minimum Gasteiger partial charge on any atom is -0.465 e. The molecular formula is C41H43FN8O4. The number of aromatic nitrogens is 4. The minimum atomic E-state index is -1.17. The SMILES string of the molecule is CN(C(=O)O)[C@@H](C(=O)N1CCC[C@H]1c1ncc(-c2ccc(-c3ccc(-c4cnc([C@@H]5CCCN5C(=O)[C@@H]5C[C@H](F)CN5)[nH]4)cc3)cc2)[nH]1)c1ccccc1. The standard InChI is InChI=1S/C41H43FN8O4/c1-48(41(53)54)36(29-7-3-2-4-8-29)40(52)50-20-6-10-35(50)38-45-24-33(47-38)28-17-13-26(14-18-28)25-11-15-27(16-12-25)32-23-44-37(46-32)34-9-5-19-49(34)39(51)31-21-30(42)22-43-31/h2-4,7-8,11-18,23-24,30-31,34-36,43H,5-6,9-10,19-22H2,1H3,(H,44,46)(H,45,47)(H,53,54)/t30-,31-,34-,35-,36+/m0/s1. The van der Waals surface area contributed by atoms with Crippen molar-refractivity contribution in [3.05, 3.63) is 108 Å². The van der Waals surface area contributed by atoms with Crippen molar-refractivity contribution in [2.45, 2.75) is 62.4 Å². The Morgan fingerprint density at radius 3 is 1.81 bits per heavy atom. The van der Waals surface area contributed by atoms with E-state index in [9.17, 15) is 23.9 Å². The van der Waals surface area contributed by atoms with E-state index in [-0.39, 0.29) is 36.9 Å². The lowest BCUT2D eigenvalue weighted by molar-refractivity contribution is -0.137. The van der Waals surface area contributed by atoms with Crippen molar-refractivity contribution in [1.29, 1.82) is 0 Å². The number of rotatable bonds is 9. The van der Waals surface area contributed by atoms with Crippen LogP contribution >= 0.6 is 0 Å². The lowest BCUT2D eigenvalue weighted by atomic mass is 10.0. The van der Waals surface area contributed by atoms with Gasteiger partial charge in [0.2, 0.25) is 5.91 Å². The first-order valence-electron chi connectivity index (χ1n) is 18.6. The van der Waals surface area contributed by atoms with E-state index >= 15 is 0 Å². The number of carbonyl (C=O) groups is 3. The average Bonchev–Trinajstić information content (AvgIpc) is 4.05. The van der Waals surface area contributed by atoms with E-state index in [0.29, 0.717) is 24.5 Å². The quantitative estimate of drug-likeness (QED) is 0.135. The highest BCUT2D eigenvalue weighted by Crippen LogP contribution is 2.36. The second kappa shape index (κ2) is 14.9. The maximum atomic E-state index is 13.9. The molecule has 4 N–H and O–H groups in total. The molecule has 5 atom stereocenters. The first-order valence-corrected chi connectivity index (χ1v) is 18.6. The molecule has 3 aliphatic rings. The van der Waals surface area contributed by atoms with E-state index in [1.54, 1.807) is 41.6 Å². The third-order valence-electron chi connectivity index (χ3n) is 11.0. The minimum absolute atomic E-state index is 0.0497. The third kappa shape index (κ3) is 6.86. The molecule has 12 nitrogen and oxygen atoms in total. The summed E-state index contributed by atoms with van der Waals surface area (Å²) in [6.45, 7) is 1.39. The molecule has 0 radical (unpaired) electrons. The molecule has 2 aromatic heterocycles. The number of carbonyl (C=O) groups excluding carboxylic acids is 2. The van der Waals surface area contributed by atoms with Crippen LogP contribution in [-0.2, 0) is 9.59 Å². The molecule has 0 bridgehead atoms. The van der Waals surface area contributed by atoms with Crippen LogP contribution < -0.4 is 5.32 Å². The van der Waals surface area contributed by atoms with Crippen LogP contribution in [0.5, 0.6) is 0 Å². The molecule has 3 saturated heterocycles. The Kier molecular flexibility index (Phi) is 9.72. The predicted octanol–water partition coefficient (Wildman–Crippen LogP) is 6.51. The molecule has 3 aromatic carbocycles. The highest BCUT2D eigenvalue weighted by atomic mass is 19.1. The molecule has 54 heavy (non-hydrogen) atoms. The van der Waals surface area contributed by atoms with Gasteiger partial charge in [-0.1, -0.05) is 78.9 Å². The number of carboxylic acid groups (broad SMARTS) is 1. The van der Waals surface area contributed by atoms with Gasteiger partial charge >= 0.3 is 6.09 Å². The summed E-state index contributed by atoms with van der Waals surface area (Å²) in [4.78, 5) is 59.9. The summed E-state index contributed by atoms with van der Waals surface area (Å²) < 4.78 is 13.8. The Bertz CT molecular complexity index is 2120. The first kappa shape index (κ1) is 35.2.